The van der Waals surface area contributed by atoms with E-state index in [1.165, 1.54) is 6.07 Å². The van der Waals surface area contributed by atoms with E-state index >= 15 is 0 Å². The van der Waals surface area contributed by atoms with Gasteiger partial charge < -0.3 is 15.0 Å². The van der Waals surface area contributed by atoms with E-state index in [1.54, 1.807) is 37.6 Å². The second-order valence-corrected chi connectivity index (χ2v) is 7.37. The fraction of sp³-hybridized carbons (Fsp3) is 0.333. The first kappa shape index (κ1) is 19.1. The molecule has 10 heteroatoms. The summed E-state index contributed by atoms with van der Waals surface area (Å²) in [4.78, 5) is -0.593. The number of nitrogens with two attached hydrogens (primary N) is 1. The molecule has 0 aliphatic heterocycles. The van der Waals surface area contributed by atoms with Crippen LogP contribution in [0.5, 0.6) is 5.75 Å². The fourth-order valence-corrected chi connectivity index (χ4v) is 3.64. The van der Waals surface area contributed by atoms with Crippen molar-refractivity contribution in [2.24, 2.45) is 7.05 Å². The monoisotopic (exact) mass is 377 g/mol. The van der Waals surface area contributed by atoms with Gasteiger partial charge in [-0.1, -0.05) is 6.07 Å². The van der Waals surface area contributed by atoms with Crippen molar-refractivity contribution < 1.29 is 26.3 Å². The van der Waals surface area contributed by atoms with Crippen LogP contribution in [-0.4, -0.2) is 25.4 Å². The molecule has 1 heterocycles. The van der Waals surface area contributed by atoms with Crippen LogP contribution < -0.4 is 15.2 Å². The van der Waals surface area contributed by atoms with Gasteiger partial charge in [-0.25, -0.2) is 13.1 Å². The molecule has 2 rings (SSSR count). The third kappa shape index (κ3) is 4.45. The summed E-state index contributed by atoms with van der Waals surface area (Å²) in [7, 11) is -2.53. The molecule has 0 aliphatic rings. The molecule has 138 valence electrons. The van der Waals surface area contributed by atoms with Gasteiger partial charge >= 0.3 is 6.36 Å². The number of alkyl halides is 3. The zero-order valence-electron chi connectivity index (χ0n) is 13.8. The van der Waals surface area contributed by atoms with Crippen LogP contribution in [0.1, 0.15) is 13.8 Å². The normalized spacial score (nSPS) is 12.6. The highest BCUT2D eigenvalue weighted by Crippen LogP contribution is 2.34. The van der Waals surface area contributed by atoms with Crippen LogP contribution in [0.25, 0.3) is 11.3 Å². The fourth-order valence-electron chi connectivity index (χ4n) is 2.28. The molecule has 0 amide bonds. The van der Waals surface area contributed by atoms with Crippen molar-refractivity contribution in [3.8, 4) is 17.0 Å². The van der Waals surface area contributed by atoms with E-state index in [-0.39, 0.29) is 0 Å². The van der Waals surface area contributed by atoms with Crippen molar-refractivity contribution in [2.75, 3.05) is 5.73 Å². The first-order chi connectivity index (χ1) is 11.4. The quantitative estimate of drug-likeness (QED) is 0.839. The van der Waals surface area contributed by atoms with Gasteiger partial charge in [0.05, 0.1) is 0 Å². The van der Waals surface area contributed by atoms with Gasteiger partial charge in [-0.2, -0.15) is 0 Å². The third-order valence-electron chi connectivity index (χ3n) is 3.31. The number of hydrogen-bond donors (Lipinski definition) is 2. The molecule has 0 fully saturated rings. The Labute approximate surface area is 143 Å². The maximum Gasteiger partial charge on any atom is 0.573 e. The lowest BCUT2D eigenvalue weighted by Crippen LogP contribution is -2.31. The summed E-state index contributed by atoms with van der Waals surface area (Å²) in [5, 5.41) is 0. The number of nitrogens with zero attached hydrogens (tertiary/aromatic N) is 1. The molecular formula is C15H18F3N3O3S. The van der Waals surface area contributed by atoms with Crippen molar-refractivity contribution in [1.29, 1.82) is 0 Å². The zero-order valence-corrected chi connectivity index (χ0v) is 14.6. The average molecular weight is 377 g/mol. The Bertz CT molecular complexity index is 874. The predicted molar refractivity (Wildman–Crippen MR) is 87.4 cm³/mol. The van der Waals surface area contributed by atoms with Crippen LogP contribution >= 0.6 is 0 Å². The van der Waals surface area contributed by atoms with Gasteiger partial charge in [0.2, 0.25) is 10.0 Å². The maximum atomic E-state index is 12.7. The number of aromatic nitrogens is 1. The van der Waals surface area contributed by atoms with Crippen LogP contribution in [0, 0.1) is 0 Å². The molecule has 0 saturated heterocycles. The van der Waals surface area contributed by atoms with Crippen LogP contribution in [0.4, 0.5) is 19.0 Å². The summed E-state index contributed by atoms with van der Waals surface area (Å²) < 4.78 is 70.5. The van der Waals surface area contributed by atoms with Gasteiger partial charge in [0, 0.05) is 24.3 Å². The lowest BCUT2D eigenvalue weighted by Gasteiger charge is -2.17. The van der Waals surface area contributed by atoms with E-state index in [4.69, 9.17) is 5.73 Å². The average Bonchev–Trinajstić information content (AvgIpc) is 2.75. The number of nitrogen functional groups attached to an aromatic ring is 1. The highest BCUT2D eigenvalue weighted by atomic mass is 32.2. The zero-order chi connectivity index (χ0) is 19.0. The first-order valence-corrected chi connectivity index (χ1v) is 8.73. The number of anilines is 1. The molecule has 3 N–H and O–H groups in total. The Hall–Kier alpha value is -2.20. The Morgan fingerprint density at radius 2 is 1.84 bits per heavy atom. The number of nitrogens with one attached hydrogen (secondary N) is 1. The number of rotatable bonds is 5. The second kappa shape index (κ2) is 6.60. The highest BCUT2D eigenvalue weighted by molar-refractivity contribution is 7.89. The van der Waals surface area contributed by atoms with E-state index in [9.17, 15) is 21.6 Å². The Kier molecular flexibility index (Phi) is 5.05. The molecule has 1 aromatic carbocycles. The number of sulfonamides is 1. The maximum absolute atomic E-state index is 12.7. The molecule has 2 aromatic rings. The number of ether oxygens (including phenoxy) is 1. The van der Waals surface area contributed by atoms with Crippen molar-refractivity contribution in [3.63, 3.8) is 0 Å². The van der Waals surface area contributed by atoms with Gasteiger partial charge in [0.25, 0.3) is 0 Å². The van der Waals surface area contributed by atoms with Gasteiger partial charge in [-0.15, -0.1) is 13.2 Å². The molecule has 0 unspecified atom stereocenters. The molecule has 0 spiro atoms. The Balaban J connectivity index is 2.60. The number of halogens is 3. The van der Waals surface area contributed by atoms with Gasteiger partial charge in [-0.3, -0.25) is 0 Å². The van der Waals surface area contributed by atoms with Crippen LogP contribution in [0.15, 0.2) is 35.2 Å². The molecular weight excluding hydrogens is 359 g/mol. The minimum Gasteiger partial charge on any atom is -0.404 e. The summed E-state index contributed by atoms with van der Waals surface area (Å²) in [6.07, 6.45) is -5.03. The Morgan fingerprint density at radius 1 is 1.20 bits per heavy atom. The highest BCUT2D eigenvalue weighted by Gasteiger charge is 2.34. The smallest absolute Gasteiger partial charge is 0.404 e. The van der Waals surface area contributed by atoms with E-state index in [0.717, 1.165) is 12.1 Å². The minimum atomic E-state index is -5.03. The molecule has 0 aliphatic carbocycles. The summed E-state index contributed by atoms with van der Waals surface area (Å²) in [6.45, 7) is 3.12. The molecule has 25 heavy (non-hydrogen) atoms. The lowest BCUT2D eigenvalue weighted by atomic mass is 10.1. The van der Waals surface area contributed by atoms with Crippen LogP contribution in [-0.2, 0) is 17.1 Å². The molecule has 0 atom stereocenters. The summed E-state index contributed by atoms with van der Waals surface area (Å²) >= 11 is 0. The van der Waals surface area contributed by atoms with Crippen molar-refractivity contribution >= 4 is 15.8 Å². The molecule has 0 saturated carbocycles. The Morgan fingerprint density at radius 3 is 2.32 bits per heavy atom. The van der Waals surface area contributed by atoms with Crippen LogP contribution in [0.2, 0.25) is 0 Å². The van der Waals surface area contributed by atoms with Gasteiger partial charge in [0.15, 0.2) is 0 Å². The predicted octanol–water partition coefficient (Wildman–Crippen LogP) is 2.86. The molecule has 0 radical (unpaired) electrons. The second-order valence-electron chi connectivity index (χ2n) is 5.69. The molecule has 6 nitrogen and oxygen atoms in total. The summed E-state index contributed by atoms with van der Waals surface area (Å²) in [5.74, 6) is -0.399. The van der Waals surface area contributed by atoms with Crippen molar-refractivity contribution in [1.82, 2.24) is 9.29 Å². The minimum absolute atomic E-state index is 0.335. The SMILES string of the molecule is CC(C)NS(=O)(=O)c1ccc(-c2ccc(N)n2C)cc1OC(F)(F)F. The van der Waals surface area contributed by atoms with E-state index in [0.29, 0.717) is 17.1 Å². The number of hydrogen-bond acceptors (Lipinski definition) is 4. The largest absolute Gasteiger partial charge is 0.573 e. The van der Waals surface area contributed by atoms with E-state index in [1.807, 2.05) is 0 Å². The molecule has 1 aromatic heterocycles. The lowest BCUT2D eigenvalue weighted by molar-refractivity contribution is -0.275. The van der Waals surface area contributed by atoms with Gasteiger partial charge in [-0.05, 0) is 38.1 Å². The third-order valence-corrected chi connectivity index (χ3v) is 5.00. The summed E-state index contributed by atoms with van der Waals surface area (Å²) in [6, 6.07) is 6.21. The van der Waals surface area contributed by atoms with Gasteiger partial charge in [0.1, 0.15) is 16.5 Å². The summed E-state index contributed by atoms with van der Waals surface area (Å²) in [5.41, 5.74) is 6.57. The standard InChI is InChI=1S/C15H18F3N3O3S/c1-9(2)20-25(22,23)13-6-4-10(8-12(13)24-15(16,17)18)11-5-7-14(19)21(11)3/h4-9,20H,19H2,1-3H3. The number of benzene rings is 1. The van der Waals surface area contributed by atoms with Crippen molar-refractivity contribution in [2.45, 2.75) is 31.1 Å². The van der Waals surface area contributed by atoms with E-state index in [2.05, 4.69) is 9.46 Å². The first-order valence-electron chi connectivity index (χ1n) is 7.24. The van der Waals surface area contributed by atoms with E-state index < -0.39 is 33.1 Å². The van der Waals surface area contributed by atoms with Crippen LogP contribution in [0.3, 0.4) is 0 Å². The van der Waals surface area contributed by atoms with Crippen molar-refractivity contribution in [3.05, 3.63) is 30.3 Å². The topological polar surface area (TPSA) is 86.4 Å². The molecule has 0 bridgehead atoms.